The van der Waals surface area contributed by atoms with Gasteiger partial charge in [-0.1, -0.05) is 12.1 Å². The molecule has 0 saturated heterocycles. The zero-order valence-electron chi connectivity index (χ0n) is 13.2. The lowest BCUT2D eigenvalue weighted by Crippen LogP contribution is -2.26. The van der Waals surface area contributed by atoms with Crippen molar-refractivity contribution in [2.24, 2.45) is 7.05 Å². The van der Waals surface area contributed by atoms with E-state index in [-0.39, 0.29) is 5.91 Å². The van der Waals surface area contributed by atoms with Crippen molar-refractivity contribution in [3.8, 4) is 5.75 Å². The monoisotopic (exact) mass is 309 g/mol. The number of aromatic nitrogens is 2. The van der Waals surface area contributed by atoms with Gasteiger partial charge in [-0.05, 0) is 36.4 Å². The van der Waals surface area contributed by atoms with Crippen molar-refractivity contribution in [3.63, 3.8) is 0 Å². The largest absolute Gasteiger partial charge is 0.497 e. The van der Waals surface area contributed by atoms with E-state index in [1.165, 1.54) is 0 Å². The third-order valence-electron chi connectivity index (χ3n) is 3.87. The molecule has 3 rings (SSSR count). The quantitative estimate of drug-likeness (QED) is 0.788. The first-order valence-corrected chi connectivity index (χ1v) is 7.51. The number of hydrogen-bond donors (Lipinski definition) is 1. The molecule has 0 bridgehead atoms. The Morgan fingerprint density at radius 3 is 2.61 bits per heavy atom. The Labute approximate surface area is 134 Å². The lowest BCUT2D eigenvalue weighted by Gasteiger charge is -2.06. The fourth-order valence-electron chi connectivity index (χ4n) is 2.55. The Bertz CT molecular complexity index is 822. The van der Waals surface area contributed by atoms with Gasteiger partial charge in [-0.2, -0.15) is 0 Å². The van der Waals surface area contributed by atoms with E-state index in [1.54, 1.807) is 31.4 Å². The molecule has 0 aliphatic rings. The van der Waals surface area contributed by atoms with Gasteiger partial charge in [0.15, 0.2) is 0 Å². The van der Waals surface area contributed by atoms with Gasteiger partial charge in [0, 0.05) is 25.6 Å². The van der Waals surface area contributed by atoms with Gasteiger partial charge in [-0.3, -0.25) is 4.79 Å². The van der Waals surface area contributed by atoms with Crippen LogP contribution in [-0.4, -0.2) is 29.1 Å². The average molecular weight is 309 g/mol. The topological polar surface area (TPSA) is 56.1 Å². The SMILES string of the molecule is COc1ccc(C(=O)NCCc2nc3ccccc3n2C)cc1. The van der Waals surface area contributed by atoms with Crippen molar-refractivity contribution in [3.05, 3.63) is 59.9 Å². The predicted octanol–water partition coefficient (Wildman–Crippen LogP) is 2.55. The number of carbonyl (C=O) groups is 1. The Morgan fingerprint density at radius 2 is 1.91 bits per heavy atom. The zero-order chi connectivity index (χ0) is 16.2. The summed E-state index contributed by atoms with van der Waals surface area (Å²) in [4.78, 5) is 16.7. The molecule has 0 unspecified atom stereocenters. The van der Waals surface area contributed by atoms with E-state index in [0.29, 0.717) is 18.5 Å². The van der Waals surface area contributed by atoms with Gasteiger partial charge in [0.05, 0.1) is 18.1 Å². The molecular formula is C18H19N3O2. The van der Waals surface area contributed by atoms with E-state index >= 15 is 0 Å². The minimum absolute atomic E-state index is 0.0913. The van der Waals surface area contributed by atoms with Gasteiger partial charge in [0.2, 0.25) is 0 Å². The van der Waals surface area contributed by atoms with Gasteiger partial charge in [-0.25, -0.2) is 4.98 Å². The summed E-state index contributed by atoms with van der Waals surface area (Å²) in [5.74, 6) is 1.61. The smallest absolute Gasteiger partial charge is 0.251 e. The summed E-state index contributed by atoms with van der Waals surface area (Å²) in [6.07, 6.45) is 0.688. The zero-order valence-corrected chi connectivity index (χ0v) is 13.2. The lowest BCUT2D eigenvalue weighted by molar-refractivity contribution is 0.0954. The second-order valence-electron chi connectivity index (χ2n) is 5.31. The van der Waals surface area contributed by atoms with Crippen LogP contribution in [0.5, 0.6) is 5.75 Å². The Kier molecular flexibility index (Phi) is 4.28. The fraction of sp³-hybridized carbons (Fsp3) is 0.222. The highest BCUT2D eigenvalue weighted by Crippen LogP contribution is 2.14. The number of benzene rings is 2. The molecule has 0 fully saturated rings. The summed E-state index contributed by atoms with van der Waals surface area (Å²) < 4.78 is 7.15. The third-order valence-corrected chi connectivity index (χ3v) is 3.87. The molecule has 1 heterocycles. The summed E-state index contributed by atoms with van der Waals surface area (Å²) in [5.41, 5.74) is 2.70. The number of rotatable bonds is 5. The number of carbonyl (C=O) groups excluding carboxylic acids is 1. The molecule has 5 heteroatoms. The Morgan fingerprint density at radius 1 is 1.17 bits per heavy atom. The molecule has 0 saturated carbocycles. The molecule has 3 aromatic rings. The number of amides is 1. The van der Waals surface area contributed by atoms with Crippen molar-refractivity contribution >= 4 is 16.9 Å². The van der Waals surface area contributed by atoms with E-state index in [2.05, 4.69) is 14.9 Å². The second-order valence-corrected chi connectivity index (χ2v) is 5.31. The number of para-hydroxylation sites is 2. The van der Waals surface area contributed by atoms with Crippen LogP contribution in [0.2, 0.25) is 0 Å². The molecule has 0 radical (unpaired) electrons. The van der Waals surface area contributed by atoms with E-state index < -0.39 is 0 Å². The summed E-state index contributed by atoms with van der Waals surface area (Å²) in [7, 11) is 3.60. The minimum atomic E-state index is -0.0913. The number of hydrogen-bond acceptors (Lipinski definition) is 3. The van der Waals surface area contributed by atoms with E-state index in [0.717, 1.165) is 22.6 Å². The highest BCUT2D eigenvalue weighted by atomic mass is 16.5. The molecular weight excluding hydrogens is 290 g/mol. The van der Waals surface area contributed by atoms with Crippen LogP contribution in [0.3, 0.4) is 0 Å². The number of nitrogens with zero attached hydrogens (tertiary/aromatic N) is 2. The third kappa shape index (κ3) is 3.18. The van der Waals surface area contributed by atoms with Crippen molar-refractivity contribution in [2.75, 3.05) is 13.7 Å². The molecule has 0 spiro atoms. The maximum atomic E-state index is 12.1. The van der Waals surface area contributed by atoms with Crippen LogP contribution in [0.4, 0.5) is 0 Å². The summed E-state index contributed by atoms with van der Waals surface area (Å²) in [6, 6.07) is 15.1. The van der Waals surface area contributed by atoms with Crippen LogP contribution >= 0.6 is 0 Å². The molecule has 0 aliphatic heterocycles. The molecule has 5 nitrogen and oxygen atoms in total. The van der Waals surface area contributed by atoms with Gasteiger partial charge >= 0.3 is 0 Å². The minimum Gasteiger partial charge on any atom is -0.497 e. The van der Waals surface area contributed by atoms with Crippen LogP contribution in [0.25, 0.3) is 11.0 Å². The summed E-state index contributed by atoms with van der Waals surface area (Å²) in [5, 5.41) is 2.92. The first-order chi connectivity index (χ1) is 11.2. The molecule has 23 heavy (non-hydrogen) atoms. The number of imidazole rings is 1. The van der Waals surface area contributed by atoms with Gasteiger partial charge < -0.3 is 14.6 Å². The van der Waals surface area contributed by atoms with E-state index in [1.807, 2.05) is 31.3 Å². The predicted molar refractivity (Wildman–Crippen MR) is 89.7 cm³/mol. The first-order valence-electron chi connectivity index (χ1n) is 7.51. The van der Waals surface area contributed by atoms with Gasteiger partial charge in [0.25, 0.3) is 5.91 Å². The van der Waals surface area contributed by atoms with Crippen molar-refractivity contribution in [1.82, 2.24) is 14.9 Å². The number of aryl methyl sites for hydroxylation is 1. The van der Waals surface area contributed by atoms with E-state index in [4.69, 9.17) is 4.74 Å². The van der Waals surface area contributed by atoms with Crippen LogP contribution in [0.1, 0.15) is 16.2 Å². The molecule has 2 aromatic carbocycles. The maximum absolute atomic E-state index is 12.1. The van der Waals surface area contributed by atoms with Crippen LogP contribution < -0.4 is 10.1 Å². The highest BCUT2D eigenvalue weighted by molar-refractivity contribution is 5.94. The lowest BCUT2D eigenvalue weighted by atomic mass is 10.2. The molecule has 1 N–H and O–H groups in total. The molecule has 0 atom stereocenters. The van der Waals surface area contributed by atoms with Crippen LogP contribution in [0.15, 0.2) is 48.5 Å². The average Bonchev–Trinajstić information content (AvgIpc) is 2.91. The van der Waals surface area contributed by atoms with E-state index in [9.17, 15) is 4.79 Å². The van der Waals surface area contributed by atoms with Gasteiger partial charge in [0.1, 0.15) is 11.6 Å². The van der Waals surface area contributed by atoms with Gasteiger partial charge in [-0.15, -0.1) is 0 Å². The molecule has 1 aromatic heterocycles. The second kappa shape index (κ2) is 6.52. The van der Waals surface area contributed by atoms with Crippen LogP contribution in [0, 0.1) is 0 Å². The Hall–Kier alpha value is -2.82. The molecule has 118 valence electrons. The van der Waals surface area contributed by atoms with Crippen LogP contribution in [-0.2, 0) is 13.5 Å². The standard InChI is InChI=1S/C18H19N3O2/c1-21-16-6-4-3-5-15(16)20-17(21)11-12-19-18(22)13-7-9-14(23-2)10-8-13/h3-10H,11-12H2,1-2H3,(H,19,22). The van der Waals surface area contributed by atoms with Crippen molar-refractivity contribution in [1.29, 1.82) is 0 Å². The fourth-order valence-corrected chi connectivity index (χ4v) is 2.55. The first kappa shape index (κ1) is 15.1. The Balaban J connectivity index is 1.61. The molecule has 0 aliphatic carbocycles. The summed E-state index contributed by atoms with van der Waals surface area (Å²) in [6.45, 7) is 0.544. The van der Waals surface area contributed by atoms with Crippen molar-refractivity contribution in [2.45, 2.75) is 6.42 Å². The molecule has 1 amide bonds. The normalized spacial score (nSPS) is 10.7. The number of fused-ring (bicyclic) bond motifs is 1. The number of nitrogens with one attached hydrogen (secondary N) is 1. The summed E-state index contributed by atoms with van der Waals surface area (Å²) >= 11 is 0. The highest BCUT2D eigenvalue weighted by Gasteiger charge is 2.09. The van der Waals surface area contributed by atoms with Crippen molar-refractivity contribution < 1.29 is 9.53 Å². The maximum Gasteiger partial charge on any atom is 0.251 e. The number of ether oxygens (including phenoxy) is 1. The number of methoxy groups -OCH3 is 1.